The van der Waals surface area contributed by atoms with Gasteiger partial charge in [-0.15, -0.1) is 0 Å². The van der Waals surface area contributed by atoms with Crippen LogP contribution in [0.3, 0.4) is 0 Å². The number of fused-ring (bicyclic) bond motifs is 3. The van der Waals surface area contributed by atoms with Crippen molar-refractivity contribution in [3.05, 3.63) is 140 Å². The third kappa shape index (κ3) is 3.29. The largest absolute Gasteiger partial charge is 0.256 e. The van der Waals surface area contributed by atoms with Gasteiger partial charge in [-0.1, -0.05) is 127 Å². The number of hydrogen-bond donors (Lipinski definition) is 0. The fourth-order valence-corrected chi connectivity index (χ4v) is 5.49. The van der Waals surface area contributed by atoms with E-state index in [9.17, 15) is 0 Å². The van der Waals surface area contributed by atoms with Crippen LogP contribution >= 0.6 is 0 Å². The van der Waals surface area contributed by atoms with Crippen molar-refractivity contribution in [3.8, 4) is 33.5 Å². The zero-order chi connectivity index (χ0) is 23.9. The summed E-state index contributed by atoms with van der Waals surface area (Å²) in [4.78, 5) is 4.94. The van der Waals surface area contributed by atoms with Gasteiger partial charge in [-0.05, 0) is 55.3 Å². The fourth-order valence-electron chi connectivity index (χ4n) is 5.49. The van der Waals surface area contributed by atoms with Crippen molar-refractivity contribution in [1.29, 1.82) is 0 Å². The van der Waals surface area contributed by atoms with E-state index in [0.717, 1.165) is 11.1 Å². The lowest BCUT2D eigenvalue weighted by atomic mass is 9.84. The molecule has 7 aromatic rings. The molecule has 0 unspecified atom stereocenters. The van der Waals surface area contributed by atoms with Crippen molar-refractivity contribution < 1.29 is 0 Å². The maximum Gasteiger partial charge on any atom is 0.0720 e. The summed E-state index contributed by atoms with van der Waals surface area (Å²) in [5.41, 5.74) is 7.17. The highest BCUT2D eigenvalue weighted by Gasteiger charge is 2.19. The van der Waals surface area contributed by atoms with E-state index in [4.69, 9.17) is 4.98 Å². The Morgan fingerprint density at radius 2 is 0.889 bits per heavy atom. The molecule has 0 radical (unpaired) electrons. The summed E-state index contributed by atoms with van der Waals surface area (Å²) < 4.78 is 0. The highest BCUT2D eigenvalue weighted by molar-refractivity contribution is 6.22. The summed E-state index contributed by atoms with van der Waals surface area (Å²) in [5, 5.41) is 7.28. The molecule has 7 rings (SSSR count). The molecule has 36 heavy (non-hydrogen) atoms. The number of aromatic nitrogens is 1. The van der Waals surface area contributed by atoms with Crippen LogP contribution < -0.4 is 0 Å². The van der Waals surface area contributed by atoms with Crippen molar-refractivity contribution >= 4 is 32.3 Å². The zero-order valence-electron chi connectivity index (χ0n) is 19.7. The van der Waals surface area contributed by atoms with E-state index in [1.54, 1.807) is 0 Å². The Hall–Kier alpha value is -4.75. The Labute approximate surface area is 210 Å². The van der Waals surface area contributed by atoms with Gasteiger partial charge in [0.2, 0.25) is 0 Å². The molecule has 1 aromatic heterocycles. The second kappa shape index (κ2) is 8.48. The quantitative estimate of drug-likeness (QED) is 0.241. The standard InChI is InChI=1S/C35H23N/c1-2-12-24(13-3-1)27-16-6-7-17-28(27)34-29-18-8-10-20-31(29)35(32-21-11-9-19-30(32)34)33-22-25-14-4-5-15-26(25)23-36-33/h1-23H. The van der Waals surface area contributed by atoms with Gasteiger partial charge in [0.1, 0.15) is 0 Å². The van der Waals surface area contributed by atoms with Crippen LogP contribution in [-0.2, 0) is 0 Å². The summed E-state index contributed by atoms with van der Waals surface area (Å²) in [7, 11) is 0. The van der Waals surface area contributed by atoms with Crippen molar-refractivity contribution in [2.75, 3.05) is 0 Å². The van der Waals surface area contributed by atoms with Crippen LogP contribution in [0, 0.1) is 0 Å². The van der Waals surface area contributed by atoms with Gasteiger partial charge in [-0.2, -0.15) is 0 Å². The van der Waals surface area contributed by atoms with Crippen LogP contribution in [0.5, 0.6) is 0 Å². The highest BCUT2D eigenvalue weighted by atomic mass is 14.7. The Balaban J connectivity index is 1.61. The van der Waals surface area contributed by atoms with Crippen molar-refractivity contribution in [2.45, 2.75) is 0 Å². The van der Waals surface area contributed by atoms with E-state index in [2.05, 4.69) is 133 Å². The first-order valence-electron chi connectivity index (χ1n) is 12.3. The molecule has 0 atom stereocenters. The minimum atomic E-state index is 1.00. The Morgan fingerprint density at radius 3 is 1.56 bits per heavy atom. The van der Waals surface area contributed by atoms with E-state index >= 15 is 0 Å². The molecule has 0 spiro atoms. The maximum absolute atomic E-state index is 4.94. The third-order valence-corrected chi connectivity index (χ3v) is 7.10. The van der Waals surface area contributed by atoms with E-state index in [1.165, 1.54) is 54.7 Å². The Bertz CT molecular complexity index is 1830. The molecule has 0 saturated carbocycles. The molecule has 0 N–H and O–H groups in total. The molecule has 0 aliphatic carbocycles. The Kier molecular flexibility index (Phi) is 4.85. The number of pyridine rings is 1. The summed E-state index contributed by atoms with van der Waals surface area (Å²) in [6.45, 7) is 0. The van der Waals surface area contributed by atoms with Gasteiger partial charge in [0.15, 0.2) is 0 Å². The van der Waals surface area contributed by atoms with Gasteiger partial charge in [-0.3, -0.25) is 4.98 Å². The third-order valence-electron chi connectivity index (χ3n) is 7.10. The lowest BCUT2D eigenvalue weighted by molar-refractivity contribution is 1.37. The monoisotopic (exact) mass is 457 g/mol. The minimum Gasteiger partial charge on any atom is -0.256 e. The van der Waals surface area contributed by atoms with Crippen LogP contribution in [-0.4, -0.2) is 4.98 Å². The molecule has 0 bridgehead atoms. The second-order valence-electron chi connectivity index (χ2n) is 9.17. The Morgan fingerprint density at radius 1 is 0.389 bits per heavy atom. The lowest BCUT2D eigenvalue weighted by Gasteiger charge is -2.19. The van der Waals surface area contributed by atoms with Gasteiger partial charge >= 0.3 is 0 Å². The predicted octanol–water partition coefficient (Wildman–Crippen LogP) is 9.54. The van der Waals surface area contributed by atoms with Gasteiger partial charge in [0.05, 0.1) is 5.69 Å². The number of benzene rings is 6. The summed E-state index contributed by atoms with van der Waals surface area (Å²) in [5.74, 6) is 0. The molecule has 0 amide bonds. The van der Waals surface area contributed by atoms with Crippen molar-refractivity contribution in [3.63, 3.8) is 0 Å². The molecule has 0 saturated heterocycles. The van der Waals surface area contributed by atoms with Gasteiger partial charge in [0, 0.05) is 17.1 Å². The van der Waals surface area contributed by atoms with Crippen LogP contribution in [0.25, 0.3) is 65.8 Å². The van der Waals surface area contributed by atoms with Crippen LogP contribution in [0.4, 0.5) is 0 Å². The van der Waals surface area contributed by atoms with Gasteiger partial charge in [-0.25, -0.2) is 0 Å². The van der Waals surface area contributed by atoms with E-state index < -0.39 is 0 Å². The number of rotatable bonds is 3. The topological polar surface area (TPSA) is 12.9 Å². The van der Waals surface area contributed by atoms with Gasteiger partial charge in [0.25, 0.3) is 0 Å². The molecule has 1 heterocycles. The highest BCUT2D eigenvalue weighted by Crippen LogP contribution is 2.45. The van der Waals surface area contributed by atoms with E-state index in [-0.39, 0.29) is 0 Å². The van der Waals surface area contributed by atoms with Gasteiger partial charge < -0.3 is 0 Å². The number of hydrogen-bond acceptors (Lipinski definition) is 1. The molecule has 0 aliphatic heterocycles. The summed E-state index contributed by atoms with van der Waals surface area (Å²) in [6, 6.07) is 47.6. The molecule has 0 fully saturated rings. The summed E-state index contributed by atoms with van der Waals surface area (Å²) >= 11 is 0. The van der Waals surface area contributed by atoms with Crippen LogP contribution in [0.2, 0.25) is 0 Å². The molecule has 1 heteroatoms. The normalized spacial score (nSPS) is 11.3. The first-order chi connectivity index (χ1) is 17.9. The summed E-state index contributed by atoms with van der Waals surface area (Å²) in [6.07, 6.45) is 1.99. The number of nitrogens with zero attached hydrogens (tertiary/aromatic N) is 1. The molecular weight excluding hydrogens is 434 g/mol. The minimum absolute atomic E-state index is 1.00. The smallest absolute Gasteiger partial charge is 0.0720 e. The SMILES string of the molecule is c1ccc(-c2ccccc2-c2c3ccccc3c(-c3cc4ccccc4cn3)c3ccccc23)cc1. The van der Waals surface area contributed by atoms with E-state index in [1.807, 2.05) is 6.20 Å². The molecule has 1 nitrogen and oxygen atoms in total. The molecule has 6 aromatic carbocycles. The van der Waals surface area contributed by atoms with Crippen LogP contribution in [0.15, 0.2) is 140 Å². The zero-order valence-corrected chi connectivity index (χ0v) is 19.7. The lowest BCUT2D eigenvalue weighted by Crippen LogP contribution is -1.93. The maximum atomic E-state index is 4.94. The molecular formula is C35H23N. The van der Waals surface area contributed by atoms with E-state index in [0.29, 0.717) is 0 Å². The molecule has 168 valence electrons. The molecule has 0 aliphatic rings. The second-order valence-corrected chi connectivity index (χ2v) is 9.17. The van der Waals surface area contributed by atoms with Crippen molar-refractivity contribution in [2.24, 2.45) is 0 Å². The van der Waals surface area contributed by atoms with Crippen molar-refractivity contribution in [1.82, 2.24) is 4.98 Å². The van der Waals surface area contributed by atoms with Crippen LogP contribution in [0.1, 0.15) is 0 Å². The fraction of sp³-hybridized carbons (Fsp3) is 0. The predicted molar refractivity (Wildman–Crippen MR) is 153 cm³/mol. The average molecular weight is 458 g/mol. The first kappa shape index (κ1) is 20.6. The first-order valence-corrected chi connectivity index (χ1v) is 12.3. The average Bonchev–Trinajstić information content (AvgIpc) is 2.96.